The number of rotatable bonds is 2. The summed E-state index contributed by atoms with van der Waals surface area (Å²) in [6, 6.07) is 0. The van der Waals surface area contributed by atoms with Gasteiger partial charge in [-0.1, -0.05) is 0 Å². The van der Waals surface area contributed by atoms with Gasteiger partial charge in [-0.3, -0.25) is 9.78 Å². The molecule has 0 aromatic carbocycles. The van der Waals surface area contributed by atoms with E-state index in [9.17, 15) is 15.0 Å². The molecule has 1 saturated heterocycles. The van der Waals surface area contributed by atoms with Gasteiger partial charge in [-0.2, -0.15) is 4.98 Å². The lowest BCUT2D eigenvalue weighted by Crippen LogP contribution is -2.20. The van der Waals surface area contributed by atoms with Crippen molar-refractivity contribution in [3.8, 4) is 0 Å². The van der Waals surface area contributed by atoms with Crippen LogP contribution in [0.2, 0.25) is 0 Å². The second-order valence-electron chi connectivity index (χ2n) is 4.50. The Morgan fingerprint density at radius 3 is 3.16 bits per heavy atom. The Morgan fingerprint density at radius 1 is 1.63 bits per heavy atom. The fourth-order valence-electron chi connectivity index (χ4n) is 2.48. The minimum atomic E-state index is -0.753. The van der Waals surface area contributed by atoms with Crippen molar-refractivity contribution in [2.45, 2.75) is 17.9 Å². The normalized spacial score (nSPS) is 29.1. The zero-order valence-electron chi connectivity index (χ0n) is 10.0. The molecule has 0 radical (unpaired) electrons. The molecule has 1 fully saturated rings. The molecule has 2 aromatic rings. The maximum Gasteiger partial charge on any atom is 0.280 e. The van der Waals surface area contributed by atoms with Gasteiger partial charge in [-0.25, -0.2) is 15.9 Å². The number of aromatic nitrogens is 4. The van der Waals surface area contributed by atoms with Crippen molar-refractivity contribution < 1.29 is 10.2 Å². The molecule has 5 N–H and O–H groups in total. The van der Waals surface area contributed by atoms with Crippen LogP contribution in [-0.2, 0) is 0 Å². The number of aromatic amines is 1. The van der Waals surface area contributed by atoms with Crippen molar-refractivity contribution in [1.82, 2.24) is 19.5 Å². The van der Waals surface area contributed by atoms with E-state index in [1.54, 1.807) is 4.57 Å². The fraction of sp³-hybridized carbons (Fsp3) is 0.500. The molecule has 1 aliphatic heterocycles. The minimum Gasteiger partial charge on any atom is -0.390 e. The first-order chi connectivity index (χ1) is 9.11. The number of fused-ring (bicyclic) bond motifs is 1. The maximum absolute atomic E-state index is 11.7. The highest BCUT2D eigenvalue weighted by atomic mass is 32.2. The molecule has 0 spiro atoms. The van der Waals surface area contributed by atoms with E-state index < -0.39 is 22.6 Å². The van der Waals surface area contributed by atoms with Crippen molar-refractivity contribution in [3.63, 3.8) is 0 Å². The van der Waals surface area contributed by atoms with Crippen LogP contribution in [-0.4, -0.2) is 47.5 Å². The highest BCUT2D eigenvalue weighted by Crippen LogP contribution is 2.49. The fourth-order valence-corrected chi connectivity index (χ4v) is 4.80. The average Bonchev–Trinajstić information content (AvgIpc) is 2.92. The van der Waals surface area contributed by atoms with Gasteiger partial charge < -0.3 is 20.5 Å². The zero-order chi connectivity index (χ0) is 13.6. The lowest BCUT2D eigenvalue weighted by Gasteiger charge is -2.25. The summed E-state index contributed by atoms with van der Waals surface area (Å²) in [5.74, 6) is 0.839. The van der Waals surface area contributed by atoms with Gasteiger partial charge in [0, 0.05) is 0 Å². The van der Waals surface area contributed by atoms with Gasteiger partial charge in [0.25, 0.3) is 5.56 Å². The number of nitrogens with two attached hydrogens (primary N) is 1. The first-order valence-electron chi connectivity index (χ1n) is 5.87. The van der Waals surface area contributed by atoms with Crippen LogP contribution in [0, 0.1) is 0 Å². The average molecular weight is 285 g/mol. The SMILES string of the molecule is Nc1nc2c(ncn2[C@H]2[C@H](O)CC[SH]2CO)c(=O)[nH]1. The topological polar surface area (TPSA) is 130 Å². The van der Waals surface area contributed by atoms with E-state index in [0.29, 0.717) is 12.1 Å². The van der Waals surface area contributed by atoms with E-state index in [-0.39, 0.29) is 22.8 Å². The Hall–Kier alpha value is -1.58. The summed E-state index contributed by atoms with van der Waals surface area (Å²) in [6.07, 6.45) is 1.56. The molecule has 0 aliphatic carbocycles. The van der Waals surface area contributed by atoms with Crippen LogP contribution >= 0.6 is 10.9 Å². The van der Waals surface area contributed by atoms with Gasteiger partial charge in [0.1, 0.15) is 0 Å². The number of nitrogen functional groups attached to an aromatic ring is 1. The van der Waals surface area contributed by atoms with Gasteiger partial charge >= 0.3 is 0 Å². The number of anilines is 1. The van der Waals surface area contributed by atoms with E-state index >= 15 is 0 Å². The highest BCUT2D eigenvalue weighted by Gasteiger charge is 2.34. The summed E-state index contributed by atoms with van der Waals surface area (Å²) >= 11 is 0. The van der Waals surface area contributed by atoms with Crippen molar-refractivity contribution in [2.24, 2.45) is 0 Å². The molecule has 8 nitrogen and oxygen atoms in total. The largest absolute Gasteiger partial charge is 0.390 e. The first kappa shape index (κ1) is 12.5. The van der Waals surface area contributed by atoms with Crippen LogP contribution in [0.3, 0.4) is 0 Å². The van der Waals surface area contributed by atoms with Gasteiger partial charge in [-0.05, 0) is 12.2 Å². The molecular formula is C10H15N5O3S. The van der Waals surface area contributed by atoms with Crippen LogP contribution in [0.15, 0.2) is 11.1 Å². The van der Waals surface area contributed by atoms with Gasteiger partial charge in [-0.15, -0.1) is 0 Å². The number of nitrogens with zero attached hydrogens (tertiary/aromatic N) is 3. The maximum atomic E-state index is 11.7. The molecule has 1 unspecified atom stereocenters. The summed E-state index contributed by atoms with van der Waals surface area (Å²) in [5, 5.41) is 19.2. The second-order valence-corrected chi connectivity index (χ2v) is 6.94. The summed E-state index contributed by atoms with van der Waals surface area (Å²) in [7, 11) is -0.753. The van der Waals surface area contributed by atoms with E-state index in [1.165, 1.54) is 6.33 Å². The summed E-state index contributed by atoms with van der Waals surface area (Å²) < 4.78 is 1.67. The van der Waals surface area contributed by atoms with Crippen LogP contribution < -0.4 is 11.3 Å². The third-order valence-corrected chi connectivity index (χ3v) is 5.88. The predicted molar refractivity (Wildman–Crippen MR) is 73.2 cm³/mol. The summed E-state index contributed by atoms with van der Waals surface area (Å²) in [6.45, 7) is 0. The molecule has 9 heteroatoms. The number of aliphatic hydroxyl groups is 2. The van der Waals surface area contributed by atoms with Gasteiger partial charge in [0.15, 0.2) is 11.2 Å². The lowest BCUT2D eigenvalue weighted by molar-refractivity contribution is 0.155. The number of hydrogen-bond acceptors (Lipinski definition) is 6. The van der Waals surface area contributed by atoms with Crippen molar-refractivity contribution >= 4 is 28.0 Å². The number of imidazole rings is 1. The Bertz CT molecular complexity index is 669. The Labute approximate surface area is 110 Å². The van der Waals surface area contributed by atoms with Crippen LogP contribution in [0.25, 0.3) is 11.2 Å². The molecule has 0 amide bonds. The molecule has 0 bridgehead atoms. The van der Waals surface area contributed by atoms with Crippen LogP contribution in [0.5, 0.6) is 0 Å². The molecule has 0 saturated carbocycles. The Morgan fingerprint density at radius 2 is 2.42 bits per heavy atom. The molecule has 19 heavy (non-hydrogen) atoms. The van der Waals surface area contributed by atoms with Crippen LogP contribution in [0.4, 0.5) is 5.95 Å². The van der Waals surface area contributed by atoms with Crippen LogP contribution in [0.1, 0.15) is 11.8 Å². The Balaban J connectivity index is 2.17. The summed E-state index contributed by atoms with van der Waals surface area (Å²) in [4.78, 5) is 22.2. The molecule has 3 atom stereocenters. The van der Waals surface area contributed by atoms with E-state index in [2.05, 4.69) is 15.0 Å². The monoisotopic (exact) mass is 285 g/mol. The third-order valence-electron chi connectivity index (χ3n) is 3.35. The van der Waals surface area contributed by atoms with E-state index in [4.69, 9.17) is 5.73 Å². The molecular weight excluding hydrogens is 270 g/mol. The number of aliphatic hydroxyl groups excluding tert-OH is 2. The van der Waals surface area contributed by atoms with Crippen molar-refractivity contribution in [3.05, 3.63) is 16.7 Å². The number of H-pyrrole nitrogens is 1. The first-order valence-corrected chi connectivity index (χ1v) is 7.65. The zero-order valence-corrected chi connectivity index (χ0v) is 10.9. The van der Waals surface area contributed by atoms with Gasteiger partial charge in [0.05, 0.1) is 23.7 Å². The quantitative estimate of drug-likeness (QED) is 0.446. The van der Waals surface area contributed by atoms with Crippen molar-refractivity contribution in [1.29, 1.82) is 0 Å². The Kier molecular flexibility index (Phi) is 2.96. The van der Waals surface area contributed by atoms with E-state index in [0.717, 1.165) is 5.75 Å². The minimum absolute atomic E-state index is 0.0139. The summed E-state index contributed by atoms with van der Waals surface area (Å²) in [5.41, 5.74) is 5.69. The molecule has 1 aliphatic rings. The third kappa shape index (κ3) is 1.90. The number of thiol groups is 1. The molecule has 3 rings (SSSR count). The highest BCUT2D eigenvalue weighted by molar-refractivity contribution is 8.17. The molecule has 3 heterocycles. The van der Waals surface area contributed by atoms with E-state index in [1.807, 2.05) is 0 Å². The predicted octanol–water partition coefficient (Wildman–Crippen LogP) is -1.08. The smallest absolute Gasteiger partial charge is 0.280 e. The second kappa shape index (κ2) is 4.51. The molecule has 2 aromatic heterocycles. The number of nitrogens with one attached hydrogen (secondary N) is 1. The standard InChI is InChI=1S/C10H15N5O3S/c11-10-13-7-6(8(18)14-10)12-3-15(7)9-5(17)1-2-19(9)4-16/h3,5,9,16-17,19H,1-2,4H2,(H3,11,13,14,18)/t5-,9-/m1/s1. The molecule has 104 valence electrons. The van der Waals surface area contributed by atoms with Crippen molar-refractivity contribution in [2.75, 3.05) is 17.4 Å². The number of hydrogen-bond donors (Lipinski definition) is 5. The lowest BCUT2D eigenvalue weighted by atomic mass is 10.3. The van der Waals surface area contributed by atoms with Gasteiger partial charge in [0.2, 0.25) is 5.95 Å².